The monoisotopic (exact) mass is 305 g/mol. The molecular weight excluding hydrogens is 290 g/mol. The van der Waals surface area contributed by atoms with E-state index in [1.54, 1.807) is 23.9 Å². The zero-order valence-corrected chi connectivity index (χ0v) is 12.3. The molecule has 4 N–H and O–H groups in total. The van der Waals surface area contributed by atoms with Gasteiger partial charge in [0, 0.05) is 4.90 Å². The molecule has 1 aromatic heterocycles. The highest BCUT2D eigenvalue weighted by Gasteiger charge is 2.13. The number of anilines is 2. The van der Waals surface area contributed by atoms with Crippen molar-refractivity contribution in [2.45, 2.75) is 18.4 Å². The van der Waals surface area contributed by atoms with E-state index in [2.05, 4.69) is 15.0 Å². The Hall–Kier alpha value is -2.35. The van der Waals surface area contributed by atoms with Crippen LogP contribution in [0.25, 0.3) is 0 Å². The van der Waals surface area contributed by atoms with Crippen LogP contribution >= 0.6 is 11.8 Å². The van der Waals surface area contributed by atoms with Gasteiger partial charge in [-0.25, -0.2) is 4.79 Å². The van der Waals surface area contributed by atoms with Crippen LogP contribution in [-0.4, -0.2) is 26.7 Å². The van der Waals surface area contributed by atoms with Crippen LogP contribution in [0.2, 0.25) is 0 Å². The molecule has 21 heavy (non-hydrogen) atoms. The average Bonchev–Trinajstić information content (AvgIpc) is 2.45. The zero-order valence-electron chi connectivity index (χ0n) is 11.4. The SMILES string of the molecule is CCSc1ccccc1C(=O)OCc1nc(N)nc(N)n1. The van der Waals surface area contributed by atoms with Crippen molar-refractivity contribution in [3.05, 3.63) is 35.7 Å². The number of hydrogen-bond donors (Lipinski definition) is 2. The van der Waals surface area contributed by atoms with Gasteiger partial charge in [0.25, 0.3) is 0 Å². The van der Waals surface area contributed by atoms with Gasteiger partial charge in [0.05, 0.1) is 5.56 Å². The van der Waals surface area contributed by atoms with Crippen LogP contribution in [0.15, 0.2) is 29.2 Å². The first-order chi connectivity index (χ1) is 10.1. The molecule has 0 saturated carbocycles. The molecule has 8 heteroatoms. The lowest BCUT2D eigenvalue weighted by Crippen LogP contribution is -2.11. The van der Waals surface area contributed by atoms with Gasteiger partial charge < -0.3 is 16.2 Å². The van der Waals surface area contributed by atoms with E-state index in [0.717, 1.165) is 10.6 Å². The van der Waals surface area contributed by atoms with Crippen molar-refractivity contribution < 1.29 is 9.53 Å². The fraction of sp³-hybridized carbons (Fsp3) is 0.231. The predicted octanol–water partition coefficient (Wildman–Crippen LogP) is 1.50. The Labute approximate surface area is 126 Å². The van der Waals surface area contributed by atoms with Crippen LogP contribution in [0.4, 0.5) is 11.9 Å². The summed E-state index contributed by atoms with van der Waals surface area (Å²) in [6, 6.07) is 7.26. The molecule has 0 fully saturated rings. The number of hydrogen-bond acceptors (Lipinski definition) is 8. The molecule has 1 heterocycles. The smallest absolute Gasteiger partial charge is 0.339 e. The van der Waals surface area contributed by atoms with Crippen molar-refractivity contribution in [3.8, 4) is 0 Å². The van der Waals surface area contributed by atoms with Crippen LogP contribution in [0, 0.1) is 0 Å². The standard InChI is InChI=1S/C13H15N5O2S/c1-2-21-9-6-4-3-5-8(9)11(19)20-7-10-16-12(14)18-13(15)17-10/h3-6H,2,7H2,1H3,(H4,14,15,16,17,18). The molecule has 2 aromatic rings. The Morgan fingerprint density at radius 2 is 1.86 bits per heavy atom. The van der Waals surface area contributed by atoms with E-state index in [4.69, 9.17) is 16.2 Å². The Bertz CT molecular complexity index is 630. The largest absolute Gasteiger partial charge is 0.454 e. The normalized spacial score (nSPS) is 10.3. The third-order valence-corrected chi connectivity index (χ3v) is 3.41. The number of nitrogen functional groups attached to an aromatic ring is 2. The molecule has 0 aliphatic heterocycles. The summed E-state index contributed by atoms with van der Waals surface area (Å²) in [6.07, 6.45) is 0. The molecule has 0 spiro atoms. The minimum absolute atomic E-state index is 0.00418. The van der Waals surface area contributed by atoms with Gasteiger partial charge in [-0.3, -0.25) is 0 Å². The number of aromatic nitrogens is 3. The second kappa shape index (κ2) is 6.89. The fourth-order valence-corrected chi connectivity index (χ4v) is 2.44. The van der Waals surface area contributed by atoms with Crippen molar-refractivity contribution in [1.82, 2.24) is 15.0 Å². The van der Waals surface area contributed by atoms with E-state index in [0.29, 0.717) is 5.56 Å². The summed E-state index contributed by atoms with van der Waals surface area (Å²) in [4.78, 5) is 24.3. The van der Waals surface area contributed by atoms with Crippen molar-refractivity contribution >= 4 is 29.6 Å². The van der Waals surface area contributed by atoms with E-state index in [9.17, 15) is 4.79 Å². The number of esters is 1. The van der Waals surface area contributed by atoms with Gasteiger partial charge in [-0.2, -0.15) is 15.0 Å². The van der Waals surface area contributed by atoms with E-state index in [1.165, 1.54) is 0 Å². The Morgan fingerprint density at radius 3 is 2.52 bits per heavy atom. The number of nitrogens with two attached hydrogens (primary N) is 2. The lowest BCUT2D eigenvalue weighted by Gasteiger charge is -2.08. The van der Waals surface area contributed by atoms with Gasteiger partial charge in [0.15, 0.2) is 12.4 Å². The number of ether oxygens (including phenoxy) is 1. The summed E-state index contributed by atoms with van der Waals surface area (Å²) in [5.41, 5.74) is 11.4. The maximum atomic E-state index is 12.1. The first-order valence-electron chi connectivity index (χ1n) is 6.25. The minimum atomic E-state index is -0.441. The molecule has 0 bridgehead atoms. The molecule has 0 saturated heterocycles. The maximum absolute atomic E-state index is 12.1. The van der Waals surface area contributed by atoms with Gasteiger partial charge in [-0.15, -0.1) is 11.8 Å². The quantitative estimate of drug-likeness (QED) is 0.630. The number of thioether (sulfide) groups is 1. The molecule has 0 amide bonds. The Kier molecular flexibility index (Phi) is 4.94. The van der Waals surface area contributed by atoms with Gasteiger partial charge in [-0.05, 0) is 17.9 Å². The number of rotatable bonds is 5. The summed E-state index contributed by atoms with van der Waals surface area (Å²) in [7, 11) is 0. The molecule has 7 nitrogen and oxygen atoms in total. The summed E-state index contributed by atoms with van der Waals surface area (Å²) >= 11 is 1.57. The molecule has 1 aromatic carbocycles. The number of benzene rings is 1. The van der Waals surface area contributed by atoms with Crippen molar-refractivity contribution in [2.75, 3.05) is 17.2 Å². The topological polar surface area (TPSA) is 117 Å². The van der Waals surface area contributed by atoms with Crippen molar-refractivity contribution in [1.29, 1.82) is 0 Å². The van der Waals surface area contributed by atoms with Crippen LogP contribution in [0.1, 0.15) is 23.1 Å². The van der Waals surface area contributed by atoms with Gasteiger partial charge in [0.2, 0.25) is 11.9 Å². The van der Waals surface area contributed by atoms with Gasteiger partial charge in [0.1, 0.15) is 0 Å². The zero-order chi connectivity index (χ0) is 15.2. The molecule has 2 rings (SSSR count). The lowest BCUT2D eigenvalue weighted by atomic mass is 10.2. The minimum Gasteiger partial charge on any atom is -0.454 e. The van der Waals surface area contributed by atoms with Crippen molar-refractivity contribution in [3.63, 3.8) is 0 Å². The van der Waals surface area contributed by atoms with E-state index in [-0.39, 0.29) is 24.3 Å². The first kappa shape index (κ1) is 15.0. The molecule has 0 unspecified atom stereocenters. The molecule has 110 valence electrons. The second-order valence-corrected chi connectivity index (χ2v) is 5.28. The molecule has 0 atom stereocenters. The van der Waals surface area contributed by atoms with Crippen LogP contribution in [0.3, 0.4) is 0 Å². The summed E-state index contributed by atoms with van der Waals surface area (Å²) < 4.78 is 5.19. The van der Waals surface area contributed by atoms with Crippen molar-refractivity contribution in [2.24, 2.45) is 0 Å². The lowest BCUT2D eigenvalue weighted by molar-refractivity contribution is 0.0458. The van der Waals surface area contributed by atoms with Crippen LogP contribution < -0.4 is 11.5 Å². The Balaban J connectivity index is 2.08. The molecule has 0 radical (unpaired) electrons. The number of carbonyl (C=O) groups is 1. The number of carbonyl (C=O) groups excluding carboxylic acids is 1. The van der Waals surface area contributed by atoms with E-state index >= 15 is 0 Å². The van der Waals surface area contributed by atoms with Crippen LogP contribution in [-0.2, 0) is 11.3 Å². The third kappa shape index (κ3) is 4.06. The summed E-state index contributed by atoms with van der Waals surface area (Å²) in [6.45, 7) is 1.91. The highest BCUT2D eigenvalue weighted by Crippen LogP contribution is 2.23. The summed E-state index contributed by atoms with van der Waals surface area (Å²) in [5.74, 6) is 0.634. The fourth-order valence-electron chi connectivity index (χ4n) is 1.65. The van der Waals surface area contributed by atoms with E-state index < -0.39 is 5.97 Å². The molecule has 0 aliphatic rings. The average molecular weight is 305 g/mol. The third-order valence-electron chi connectivity index (χ3n) is 2.46. The molecular formula is C13H15N5O2S. The van der Waals surface area contributed by atoms with Gasteiger partial charge >= 0.3 is 5.97 Å². The van der Waals surface area contributed by atoms with Crippen LogP contribution in [0.5, 0.6) is 0 Å². The highest BCUT2D eigenvalue weighted by molar-refractivity contribution is 7.99. The second-order valence-electron chi connectivity index (χ2n) is 3.97. The highest BCUT2D eigenvalue weighted by atomic mass is 32.2. The Morgan fingerprint density at radius 1 is 1.19 bits per heavy atom. The summed E-state index contributed by atoms with van der Waals surface area (Å²) in [5, 5.41) is 0. The van der Waals surface area contributed by atoms with E-state index in [1.807, 2.05) is 19.1 Å². The number of nitrogens with zero attached hydrogens (tertiary/aromatic N) is 3. The first-order valence-corrected chi connectivity index (χ1v) is 7.23. The predicted molar refractivity (Wildman–Crippen MR) is 80.6 cm³/mol. The molecule has 0 aliphatic carbocycles. The maximum Gasteiger partial charge on any atom is 0.339 e. The van der Waals surface area contributed by atoms with Gasteiger partial charge in [-0.1, -0.05) is 19.1 Å².